The molecule has 2 aliphatic rings. The maximum atomic E-state index is 13.0. The number of rotatable bonds is 4. The fourth-order valence-corrected chi connectivity index (χ4v) is 6.25. The van der Waals surface area contributed by atoms with Crippen molar-refractivity contribution in [3.8, 4) is 5.75 Å². The normalized spacial score (nSPS) is 24.2. The van der Waals surface area contributed by atoms with Crippen molar-refractivity contribution in [2.24, 2.45) is 0 Å². The minimum Gasteiger partial charge on any atom is -0.497 e. The Labute approximate surface area is 169 Å². The van der Waals surface area contributed by atoms with Crippen molar-refractivity contribution in [1.29, 1.82) is 0 Å². The van der Waals surface area contributed by atoms with Crippen molar-refractivity contribution in [3.05, 3.63) is 59.1 Å². The highest BCUT2D eigenvalue weighted by atomic mass is 35.5. The van der Waals surface area contributed by atoms with Crippen molar-refractivity contribution in [1.82, 2.24) is 4.90 Å². The van der Waals surface area contributed by atoms with Crippen LogP contribution in [0, 0.1) is 0 Å². The summed E-state index contributed by atoms with van der Waals surface area (Å²) in [6, 6.07) is 13.9. The Morgan fingerprint density at radius 3 is 2.61 bits per heavy atom. The van der Waals surface area contributed by atoms with E-state index in [1.54, 1.807) is 36.3 Å². The molecule has 2 saturated heterocycles. The molecule has 0 aromatic heterocycles. The van der Waals surface area contributed by atoms with E-state index in [4.69, 9.17) is 16.3 Å². The first-order chi connectivity index (χ1) is 13.4. The third kappa shape index (κ3) is 3.62. The highest BCUT2D eigenvalue weighted by Gasteiger charge is 2.49. The number of ether oxygens (including phenoxy) is 1. The van der Waals surface area contributed by atoms with Crippen molar-refractivity contribution in [2.75, 3.05) is 30.1 Å². The van der Waals surface area contributed by atoms with E-state index in [1.165, 1.54) is 0 Å². The molecule has 0 radical (unpaired) electrons. The van der Waals surface area contributed by atoms with Gasteiger partial charge in [-0.05, 0) is 23.8 Å². The Balaban J connectivity index is 1.68. The van der Waals surface area contributed by atoms with E-state index in [0.29, 0.717) is 23.0 Å². The Morgan fingerprint density at radius 2 is 1.86 bits per heavy atom. The quantitative estimate of drug-likeness (QED) is 0.759. The highest BCUT2D eigenvalue weighted by molar-refractivity contribution is 7.91. The number of sulfone groups is 1. The Hall–Kier alpha value is -2.09. The molecule has 1 amide bonds. The molecule has 148 valence electrons. The fraction of sp³-hybridized carbons (Fsp3) is 0.350. The molecule has 6 nitrogen and oxygen atoms in total. The monoisotopic (exact) mass is 420 g/mol. The maximum absolute atomic E-state index is 13.0. The zero-order chi connectivity index (χ0) is 19.9. The van der Waals surface area contributed by atoms with Gasteiger partial charge in [0.15, 0.2) is 9.84 Å². The van der Waals surface area contributed by atoms with E-state index >= 15 is 0 Å². The second-order valence-electron chi connectivity index (χ2n) is 7.17. The van der Waals surface area contributed by atoms with Crippen LogP contribution < -0.4 is 9.64 Å². The number of anilines is 1. The summed E-state index contributed by atoms with van der Waals surface area (Å²) in [6.07, 6.45) is 0. The number of amides is 1. The number of fused-ring (bicyclic) bond motifs is 1. The molecule has 0 unspecified atom stereocenters. The maximum Gasteiger partial charge on any atom is 0.241 e. The molecule has 2 aromatic carbocycles. The molecule has 0 saturated carbocycles. The van der Waals surface area contributed by atoms with Gasteiger partial charge >= 0.3 is 0 Å². The summed E-state index contributed by atoms with van der Waals surface area (Å²) in [5.74, 6) is 0.495. The lowest BCUT2D eigenvalue weighted by atomic mass is 10.0. The molecule has 28 heavy (non-hydrogen) atoms. The van der Waals surface area contributed by atoms with Gasteiger partial charge in [-0.2, -0.15) is 0 Å². The molecule has 2 fully saturated rings. The molecular formula is C20H21ClN2O4S. The van der Waals surface area contributed by atoms with Gasteiger partial charge in [-0.3, -0.25) is 9.69 Å². The van der Waals surface area contributed by atoms with Gasteiger partial charge in [0.05, 0.1) is 31.2 Å². The lowest BCUT2D eigenvalue weighted by Gasteiger charge is -2.43. The van der Waals surface area contributed by atoms with Crippen molar-refractivity contribution in [2.45, 2.75) is 18.6 Å². The first-order valence-electron chi connectivity index (χ1n) is 9.02. The molecule has 2 aliphatic heterocycles. The first kappa shape index (κ1) is 19.2. The second-order valence-corrected chi connectivity index (χ2v) is 9.73. The zero-order valence-electron chi connectivity index (χ0n) is 15.4. The third-order valence-electron chi connectivity index (χ3n) is 5.36. The molecule has 4 rings (SSSR count). The van der Waals surface area contributed by atoms with Crippen LogP contribution in [0.3, 0.4) is 0 Å². The van der Waals surface area contributed by atoms with Crippen molar-refractivity contribution in [3.63, 3.8) is 0 Å². The van der Waals surface area contributed by atoms with Crippen LogP contribution in [-0.2, 0) is 21.2 Å². The minimum atomic E-state index is -3.24. The summed E-state index contributed by atoms with van der Waals surface area (Å²) in [5, 5.41) is 0.613. The second kappa shape index (κ2) is 7.39. The van der Waals surface area contributed by atoms with Crippen LogP contribution in [-0.4, -0.2) is 56.5 Å². The van der Waals surface area contributed by atoms with Crippen LogP contribution in [0.1, 0.15) is 5.56 Å². The topological polar surface area (TPSA) is 66.9 Å². The van der Waals surface area contributed by atoms with Crippen LogP contribution in [0.25, 0.3) is 0 Å². The largest absolute Gasteiger partial charge is 0.497 e. The van der Waals surface area contributed by atoms with Gasteiger partial charge in [-0.1, -0.05) is 35.9 Å². The van der Waals surface area contributed by atoms with Crippen LogP contribution >= 0.6 is 11.6 Å². The third-order valence-corrected chi connectivity index (χ3v) is 7.43. The predicted molar refractivity (Wildman–Crippen MR) is 109 cm³/mol. The summed E-state index contributed by atoms with van der Waals surface area (Å²) in [7, 11) is -1.68. The number of nitrogens with zero attached hydrogens (tertiary/aromatic N) is 2. The molecule has 8 heteroatoms. The van der Waals surface area contributed by atoms with Crippen LogP contribution in [0.15, 0.2) is 48.5 Å². The molecule has 2 aromatic rings. The molecule has 0 bridgehead atoms. The van der Waals surface area contributed by atoms with Crippen LogP contribution in [0.2, 0.25) is 5.02 Å². The number of piperazine rings is 1. The smallest absolute Gasteiger partial charge is 0.241 e. The van der Waals surface area contributed by atoms with Crippen molar-refractivity contribution >= 4 is 33.0 Å². The molecular weight excluding hydrogens is 400 g/mol. The van der Waals surface area contributed by atoms with Gasteiger partial charge < -0.3 is 9.64 Å². The fourth-order valence-electron chi connectivity index (χ4n) is 4.07. The molecule has 0 spiro atoms. The summed E-state index contributed by atoms with van der Waals surface area (Å²) < 4.78 is 30.2. The summed E-state index contributed by atoms with van der Waals surface area (Å²) >= 11 is 6.28. The van der Waals surface area contributed by atoms with Crippen LogP contribution in [0.4, 0.5) is 5.69 Å². The molecule has 2 heterocycles. The lowest BCUT2D eigenvalue weighted by Crippen LogP contribution is -2.61. The van der Waals surface area contributed by atoms with E-state index < -0.39 is 15.9 Å². The number of carbonyl (C=O) groups is 1. The van der Waals surface area contributed by atoms with Gasteiger partial charge in [0.2, 0.25) is 5.91 Å². The van der Waals surface area contributed by atoms with E-state index in [0.717, 1.165) is 5.56 Å². The number of hydrogen-bond donors (Lipinski definition) is 0. The lowest BCUT2D eigenvalue weighted by molar-refractivity contribution is -0.123. The molecule has 0 aliphatic carbocycles. The van der Waals surface area contributed by atoms with Gasteiger partial charge in [0.1, 0.15) is 5.75 Å². The van der Waals surface area contributed by atoms with E-state index in [1.807, 2.05) is 29.2 Å². The van der Waals surface area contributed by atoms with E-state index in [9.17, 15) is 13.2 Å². The standard InChI is InChI=1S/C20H21ClN2O4S/c1-27-16-7-4-6-15(9-16)23-19-13-28(25,26)12-18(19)22(11-20(23)24)10-14-5-2-3-8-17(14)21/h2-9,18-19H,10-13H2,1H3/t18-,19+/m0/s1. The average Bonchev–Trinajstić information content (AvgIpc) is 2.98. The number of carbonyl (C=O) groups excluding carboxylic acids is 1. The number of benzene rings is 2. The number of methoxy groups -OCH3 is 1. The van der Waals surface area contributed by atoms with E-state index in [2.05, 4.69) is 0 Å². The van der Waals surface area contributed by atoms with Gasteiger partial charge in [0, 0.05) is 29.4 Å². The van der Waals surface area contributed by atoms with Gasteiger partial charge in [-0.15, -0.1) is 0 Å². The average molecular weight is 421 g/mol. The first-order valence-corrected chi connectivity index (χ1v) is 11.2. The summed E-state index contributed by atoms with van der Waals surface area (Å²) in [5.41, 5.74) is 1.55. The summed E-state index contributed by atoms with van der Waals surface area (Å²) in [4.78, 5) is 16.6. The molecule has 0 N–H and O–H groups in total. The summed E-state index contributed by atoms with van der Waals surface area (Å²) in [6.45, 7) is 0.577. The van der Waals surface area contributed by atoms with Gasteiger partial charge in [0.25, 0.3) is 0 Å². The SMILES string of the molecule is COc1cccc(N2C(=O)CN(Cc3ccccc3Cl)[C@H]3CS(=O)(=O)C[C@H]32)c1. The van der Waals surface area contributed by atoms with Crippen LogP contribution in [0.5, 0.6) is 5.75 Å². The Bertz CT molecular complexity index is 1010. The van der Waals surface area contributed by atoms with Gasteiger partial charge in [-0.25, -0.2) is 8.42 Å². The number of halogens is 1. The van der Waals surface area contributed by atoms with E-state index in [-0.39, 0.29) is 30.0 Å². The highest BCUT2D eigenvalue weighted by Crippen LogP contribution is 2.34. The number of hydrogen-bond acceptors (Lipinski definition) is 5. The minimum absolute atomic E-state index is 0.0376. The van der Waals surface area contributed by atoms with Crippen molar-refractivity contribution < 1.29 is 17.9 Å². The zero-order valence-corrected chi connectivity index (χ0v) is 17.0. The predicted octanol–water partition coefficient (Wildman–Crippen LogP) is 2.36. The Morgan fingerprint density at radius 1 is 1.11 bits per heavy atom. The molecule has 2 atom stereocenters. The Kier molecular flexibility index (Phi) is 5.07.